The van der Waals surface area contributed by atoms with Crippen molar-refractivity contribution in [2.75, 3.05) is 6.54 Å². The number of imidazole rings is 1. The third-order valence-electron chi connectivity index (χ3n) is 5.61. The van der Waals surface area contributed by atoms with Crippen molar-refractivity contribution in [3.63, 3.8) is 0 Å². The summed E-state index contributed by atoms with van der Waals surface area (Å²) in [5.74, 6) is -1.89. The van der Waals surface area contributed by atoms with E-state index < -0.39 is 23.5 Å². The fourth-order valence-electron chi connectivity index (χ4n) is 4.09. The summed E-state index contributed by atoms with van der Waals surface area (Å²) < 4.78 is 22.3. The highest BCUT2D eigenvalue weighted by Crippen LogP contribution is 2.40. The SMILES string of the molecule is CC(C)Oc1ccc(C(O)=C2C(=O)C(=O)N(CCCn3ccnc3)[C@H]2c2ccccc2F)cc1. The third kappa shape index (κ3) is 4.71. The highest BCUT2D eigenvalue weighted by molar-refractivity contribution is 6.46. The number of aryl methyl sites for hydroxylation is 1. The van der Waals surface area contributed by atoms with Crippen LogP contribution in [0.4, 0.5) is 4.39 Å². The summed E-state index contributed by atoms with van der Waals surface area (Å²) in [4.78, 5) is 31.4. The predicted octanol–water partition coefficient (Wildman–Crippen LogP) is 4.32. The molecule has 1 aliphatic rings. The minimum absolute atomic E-state index is 0.0202. The first kappa shape index (κ1) is 23.2. The molecule has 2 aromatic carbocycles. The van der Waals surface area contributed by atoms with Crippen LogP contribution in [0.2, 0.25) is 0 Å². The van der Waals surface area contributed by atoms with Crippen LogP contribution in [-0.2, 0) is 16.1 Å². The summed E-state index contributed by atoms with van der Waals surface area (Å²) in [6, 6.07) is 11.5. The molecule has 0 unspecified atom stereocenters. The van der Waals surface area contributed by atoms with Gasteiger partial charge in [0.1, 0.15) is 17.3 Å². The zero-order chi connectivity index (χ0) is 24.2. The Hall–Kier alpha value is -3.94. The lowest BCUT2D eigenvalue weighted by atomic mass is 9.95. The lowest BCUT2D eigenvalue weighted by Gasteiger charge is -2.25. The largest absolute Gasteiger partial charge is 0.507 e. The fraction of sp³-hybridized carbons (Fsp3) is 0.269. The van der Waals surface area contributed by atoms with E-state index in [2.05, 4.69) is 4.98 Å². The van der Waals surface area contributed by atoms with Gasteiger partial charge in [-0.25, -0.2) is 9.37 Å². The number of aliphatic hydroxyl groups excluding tert-OH is 1. The Morgan fingerprint density at radius 1 is 1.12 bits per heavy atom. The number of amides is 1. The second-order valence-corrected chi connectivity index (χ2v) is 8.36. The molecule has 8 heteroatoms. The number of benzene rings is 2. The summed E-state index contributed by atoms with van der Waals surface area (Å²) in [5.41, 5.74) is 0.370. The molecule has 176 valence electrons. The minimum atomic E-state index is -1.03. The molecule has 1 amide bonds. The van der Waals surface area contributed by atoms with Gasteiger partial charge in [-0.15, -0.1) is 0 Å². The lowest BCUT2D eigenvalue weighted by molar-refractivity contribution is -0.140. The molecule has 7 nitrogen and oxygen atoms in total. The average molecular weight is 464 g/mol. The van der Waals surface area contributed by atoms with Gasteiger partial charge in [-0.2, -0.15) is 0 Å². The van der Waals surface area contributed by atoms with E-state index in [0.717, 1.165) is 0 Å². The first-order chi connectivity index (χ1) is 16.4. The summed E-state index contributed by atoms with van der Waals surface area (Å²) in [6.45, 7) is 4.58. The molecule has 1 N–H and O–H groups in total. The molecule has 0 bridgehead atoms. The predicted molar refractivity (Wildman–Crippen MR) is 124 cm³/mol. The van der Waals surface area contributed by atoms with Crippen molar-refractivity contribution < 1.29 is 23.8 Å². The molecule has 3 aromatic rings. The number of ketones is 1. The number of carbonyl (C=O) groups excluding carboxylic acids is 2. The maximum Gasteiger partial charge on any atom is 0.295 e. The molecule has 1 saturated heterocycles. The Kier molecular flexibility index (Phi) is 6.77. The van der Waals surface area contributed by atoms with Gasteiger partial charge < -0.3 is 19.3 Å². The van der Waals surface area contributed by atoms with E-state index in [1.54, 1.807) is 49.1 Å². The molecule has 1 aromatic heterocycles. The van der Waals surface area contributed by atoms with Crippen molar-refractivity contribution in [3.8, 4) is 5.75 Å². The Bertz CT molecular complexity index is 1200. The fourth-order valence-corrected chi connectivity index (χ4v) is 4.09. The van der Waals surface area contributed by atoms with Crippen LogP contribution in [0, 0.1) is 5.82 Å². The molecule has 2 heterocycles. The van der Waals surface area contributed by atoms with Gasteiger partial charge >= 0.3 is 0 Å². The van der Waals surface area contributed by atoms with Crippen LogP contribution in [0.5, 0.6) is 5.75 Å². The highest BCUT2D eigenvalue weighted by Gasteiger charge is 2.46. The number of rotatable bonds is 8. The van der Waals surface area contributed by atoms with Crippen molar-refractivity contribution in [1.29, 1.82) is 0 Å². The summed E-state index contributed by atoms with van der Waals surface area (Å²) in [7, 11) is 0. The summed E-state index contributed by atoms with van der Waals surface area (Å²) >= 11 is 0. The van der Waals surface area contributed by atoms with E-state index in [4.69, 9.17) is 4.74 Å². The van der Waals surface area contributed by atoms with E-state index in [1.807, 2.05) is 18.4 Å². The van der Waals surface area contributed by atoms with E-state index in [1.165, 1.54) is 23.1 Å². The quantitative estimate of drug-likeness (QED) is 0.306. The van der Waals surface area contributed by atoms with E-state index >= 15 is 0 Å². The number of ether oxygens (including phenoxy) is 1. The van der Waals surface area contributed by atoms with Crippen LogP contribution < -0.4 is 4.74 Å². The number of likely N-dealkylation sites (tertiary alicyclic amines) is 1. The van der Waals surface area contributed by atoms with Crippen LogP contribution in [0.3, 0.4) is 0 Å². The van der Waals surface area contributed by atoms with Gasteiger partial charge in [0.05, 0.1) is 24.0 Å². The van der Waals surface area contributed by atoms with E-state index in [-0.39, 0.29) is 29.5 Å². The number of Topliss-reactive ketones (excluding diaryl/α,β-unsaturated/α-hetero) is 1. The molecule has 0 spiro atoms. The summed E-state index contributed by atoms with van der Waals surface area (Å²) in [6.07, 6.45) is 5.62. The molecular formula is C26H26FN3O4. The Morgan fingerprint density at radius 2 is 1.85 bits per heavy atom. The first-order valence-corrected chi connectivity index (χ1v) is 11.1. The molecule has 1 atom stereocenters. The van der Waals surface area contributed by atoms with Crippen LogP contribution in [0.1, 0.15) is 37.4 Å². The smallest absolute Gasteiger partial charge is 0.295 e. The standard InChI is InChI=1S/C26H26FN3O4/c1-17(2)34-19-10-8-18(9-11-19)24(31)22-23(20-6-3-4-7-21(20)27)30(26(33)25(22)32)14-5-13-29-15-12-28-16-29/h3-4,6-12,15-17,23,31H,5,13-14H2,1-2H3/t23-/m0/s1. The average Bonchev–Trinajstić information content (AvgIpc) is 3.41. The van der Waals surface area contributed by atoms with Gasteiger partial charge in [0.15, 0.2) is 0 Å². The Balaban J connectivity index is 1.71. The van der Waals surface area contributed by atoms with Crippen molar-refractivity contribution in [1.82, 2.24) is 14.5 Å². The topological polar surface area (TPSA) is 84.7 Å². The molecule has 1 fully saturated rings. The molecule has 0 saturated carbocycles. The molecule has 1 aliphatic heterocycles. The molecular weight excluding hydrogens is 437 g/mol. The Labute approximate surface area is 197 Å². The van der Waals surface area contributed by atoms with Crippen molar-refractivity contribution >= 4 is 17.4 Å². The Morgan fingerprint density at radius 3 is 2.50 bits per heavy atom. The van der Waals surface area contributed by atoms with Gasteiger partial charge in [0.25, 0.3) is 11.7 Å². The summed E-state index contributed by atoms with van der Waals surface area (Å²) in [5, 5.41) is 11.1. The van der Waals surface area contributed by atoms with E-state index in [0.29, 0.717) is 24.3 Å². The first-order valence-electron chi connectivity index (χ1n) is 11.1. The zero-order valence-corrected chi connectivity index (χ0v) is 19.0. The zero-order valence-electron chi connectivity index (χ0n) is 19.0. The van der Waals surface area contributed by atoms with Crippen molar-refractivity contribution in [3.05, 3.63) is 89.8 Å². The minimum Gasteiger partial charge on any atom is -0.507 e. The van der Waals surface area contributed by atoms with Gasteiger partial charge in [0.2, 0.25) is 0 Å². The van der Waals surface area contributed by atoms with Gasteiger partial charge in [-0.3, -0.25) is 9.59 Å². The molecule has 0 radical (unpaired) electrons. The third-order valence-corrected chi connectivity index (χ3v) is 5.61. The second kappa shape index (κ2) is 9.91. The normalized spacial score (nSPS) is 17.5. The number of hydrogen-bond acceptors (Lipinski definition) is 5. The monoisotopic (exact) mass is 463 g/mol. The van der Waals surface area contributed by atoms with Gasteiger partial charge in [-0.1, -0.05) is 18.2 Å². The van der Waals surface area contributed by atoms with E-state index in [9.17, 15) is 19.1 Å². The molecule has 4 rings (SSSR count). The highest BCUT2D eigenvalue weighted by atomic mass is 19.1. The number of hydrogen-bond donors (Lipinski definition) is 1. The number of aliphatic hydroxyl groups is 1. The lowest BCUT2D eigenvalue weighted by Crippen LogP contribution is -2.31. The van der Waals surface area contributed by atoms with Crippen LogP contribution in [0.15, 0.2) is 72.8 Å². The van der Waals surface area contributed by atoms with Crippen molar-refractivity contribution in [2.45, 2.75) is 39.0 Å². The van der Waals surface area contributed by atoms with Crippen LogP contribution >= 0.6 is 0 Å². The second-order valence-electron chi connectivity index (χ2n) is 8.36. The number of carbonyl (C=O) groups is 2. The van der Waals surface area contributed by atoms with Crippen LogP contribution in [-0.4, -0.2) is 43.9 Å². The van der Waals surface area contributed by atoms with Gasteiger partial charge in [0, 0.05) is 36.6 Å². The molecule has 34 heavy (non-hydrogen) atoms. The maximum absolute atomic E-state index is 14.8. The van der Waals surface area contributed by atoms with Gasteiger partial charge in [-0.05, 0) is 50.6 Å². The number of aromatic nitrogens is 2. The number of nitrogens with zero attached hydrogens (tertiary/aromatic N) is 3. The van der Waals surface area contributed by atoms with Crippen molar-refractivity contribution in [2.24, 2.45) is 0 Å². The molecule has 0 aliphatic carbocycles. The van der Waals surface area contributed by atoms with Crippen LogP contribution in [0.25, 0.3) is 5.76 Å². The maximum atomic E-state index is 14.8. The number of halogens is 1.